The zero-order valence-corrected chi connectivity index (χ0v) is 6.52. The van der Waals surface area contributed by atoms with Gasteiger partial charge in [-0.05, 0) is 6.42 Å². The maximum absolute atomic E-state index is 8.07. The Bertz CT molecular complexity index is 199. The van der Waals surface area contributed by atoms with E-state index in [9.17, 15) is 0 Å². The summed E-state index contributed by atoms with van der Waals surface area (Å²) in [5, 5.41) is 11.0. The van der Waals surface area contributed by atoms with Crippen LogP contribution in [0.3, 0.4) is 0 Å². The van der Waals surface area contributed by atoms with Crippen molar-refractivity contribution in [1.29, 1.82) is 0 Å². The molecule has 1 aromatic heterocycles. The second kappa shape index (κ2) is 3.65. The molecule has 0 atom stereocenters. The SMILES string of the molecule is CCc1nc(COO)cs1. The van der Waals surface area contributed by atoms with E-state index in [1.54, 1.807) is 11.3 Å². The summed E-state index contributed by atoms with van der Waals surface area (Å²) in [6.07, 6.45) is 0.941. The molecular formula is C6H9NO2S. The molecule has 0 aliphatic heterocycles. The minimum absolute atomic E-state index is 0.191. The Morgan fingerprint density at radius 3 is 3.10 bits per heavy atom. The molecule has 0 radical (unpaired) electrons. The fraction of sp³-hybridized carbons (Fsp3) is 0.500. The Balaban J connectivity index is 2.59. The minimum Gasteiger partial charge on any atom is -0.251 e. The van der Waals surface area contributed by atoms with E-state index in [2.05, 4.69) is 9.87 Å². The highest BCUT2D eigenvalue weighted by molar-refractivity contribution is 7.09. The molecule has 1 aromatic rings. The predicted octanol–water partition coefficient (Wildman–Crippen LogP) is 1.70. The zero-order valence-electron chi connectivity index (χ0n) is 5.70. The first-order chi connectivity index (χ1) is 4.86. The second-order valence-corrected chi connectivity index (χ2v) is 2.80. The third-order valence-corrected chi connectivity index (χ3v) is 2.16. The first kappa shape index (κ1) is 7.65. The Labute approximate surface area is 63.2 Å². The summed E-state index contributed by atoms with van der Waals surface area (Å²) in [4.78, 5) is 8.08. The minimum atomic E-state index is 0.191. The summed E-state index contributed by atoms with van der Waals surface area (Å²) >= 11 is 1.59. The van der Waals surface area contributed by atoms with Crippen LogP contribution in [0, 0.1) is 0 Å². The smallest absolute Gasteiger partial charge is 0.125 e. The Morgan fingerprint density at radius 1 is 1.80 bits per heavy atom. The van der Waals surface area contributed by atoms with Crippen LogP contribution in [0.5, 0.6) is 0 Å². The number of rotatable bonds is 3. The monoisotopic (exact) mass is 159 g/mol. The lowest BCUT2D eigenvalue weighted by Gasteiger charge is -1.87. The van der Waals surface area contributed by atoms with E-state index in [0.29, 0.717) is 0 Å². The lowest BCUT2D eigenvalue weighted by Crippen LogP contribution is -1.87. The van der Waals surface area contributed by atoms with E-state index >= 15 is 0 Å². The van der Waals surface area contributed by atoms with Crippen LogP contribution < -0.4 is 0 Å². The molecule has 0 amide bonds. The molecule has 0 saturated heterocycles. The number of aromatic nitrogens is 1. The van der Waals surface area contributed by atoms with Crippen molar-refractivity contribution in [3.05, 3.63) is 16.1 Å². The molecule has 0 aliphatic carbocycles. The Kier molecular flexibility index (Phi) is 2.80. The molecule has 0 aliphatic rings. The molecule has 1 N–H and O–H groups in total. The van der Waals surface area contributed by atoms with Crippen LogP contribution in [0.25, 0.3) is 0 Å². The molecule has 0 spiro atoms. The van der Waals surface area contributed by atoms with Crippen LogP contribution in [0.15, 0.2) is 5.38 Å². The van der Waals surface area contributed by atoms with Crippen molar-refractivity contribution in [2.75, 3.05) is 0 Å². The molecule has 0 aromatic carbocycles. The number of nitrogens with zero attached hydrogens (tertiary/aromatic N) is 1. The predicted molar refractivity (Wildman–Crippen MR) is 38.9 cm³/mol. The highest BCUT2D eigenvalue weighted by Crippen LogP contribution is 2.10. The van der Waals surface area contributed by atoms with E-state index in [1.165, 1.54) is 0 Å². The van der Waals surface area contributed by atoms with Gasteiger partial charge in [0.15, 0.2) is 0 Å². The van der Waals surface area contributed by atoms with Crippen molar-refractivity contribution in [2.45, 2.75) is 20.0 Å². The second-order valence-electron chi connectivity index (χ2n) is 1.86. The van der Waals surface area contributed by atoms with E-state index in [1.807, 2.05) is 12.3 Å². The van der Waals surface area contributed by atoms with Crippen molar-refractivity contribution in [2.24, 2.45) is 0 Å². The molecule has 1 heterocycles. The standard InChI is InChI=1S/C6H9NO2S/c1-2-6-7-5(3-9-8)4-10-6/h4,8H,2-3H2,1H3. The first-order valence-electron chi connectivity index (χ1n) is 3.06. The normalized spacial score (nSPS) is 10.2. The summed E-state index contributed by atoms with van der Waals surface area (Å²) in [6.45, 7) is 2.24. The van der Waals surface area contributed by atoms with Crippen molar-refractivity contribution in [3.8, 4) is 0 Å². The zero-order chi connectivity index (χ0) is 7.40. The van der Waals surface area contributed by atoms with Crippen LogP contribution in [-0.4, -0.2) is 10.2 Å². The van der Waals surface area contributed by atoms with Gasteiger partial charge in [-0.15, -0.1) is 11.3 Å². The highest BCUT2D eigenvalue weighted by Gasteiger charge is 1.98. The fourth-order valence-electron chi connectivity index (χ4n) is 0.644. The van der Waals surface area contributed by atoms with Gasteiger partial charge in [-0.1, -0.05) is 6.92 Å². The van der Waals surface area contributed by atoms with Crippen molar-refractivity contribution in [3.63, 3.8) is 0 Å². The highest BCUT2D eigenvalue weighted by atomic mass is 32.1. The van der Waals surface area contributed by atoms with Gasteiger partial charge in [0.2, 0.25) is 0 Å². The molecule has 3 nitrogen and oxygen atoms in total. The van der Waals surface area contributed by atoms with E-state index in [-0.39, 0.29) is 6.61 Å². The number of aryl methyl sites for hydroxylation is 1. The van der Waals surface area contributed by atoms with Gasteiger partial charge in [0.1, 0.15) is 6.61 Å². The summed E-state index contributed by atoms with van der Waals surface area (Å²) in [5.41, 5.74) is 0.796. The molecule has 10 heavy (non-hydrogen) atoms. The van der Waals surface area contributed by atoms with Gasteiger partial charge in [0, 0.05) is 5.38 Å². The topological polar surface area (TPSA) is 42.4 Å². The van der Waals surface area contributed by atoms with Crippen LogP contribution in [0.2, 0.25) is 0 Å². The van der Waals surface area contributed by atoms with Crippen LogP contribution >= 0.6 is 11.3 Å². The molecule has 56 valence electrons. The van der Waals surface area contributed by atoms with Crippen LogP contribution in [-0.2, 0) is 17.9 Å². The van der Waals surface area contributed by atoms with Gasteiger partial charge >= 0.3 is 0 Å². The number of thiazole rings is 1. The van der Waals surface area contributed by atoms with Gasteiger partial charge in [-0.3, -0.25) is 5.26 Å². The van der Waals surface area contributed by atoms with E-state index < -0.39 is 0 Å². The molecule has 0 saturated carbocycles. The summed E-state index contributed by atoms with van der Waals surface area (Å²) in [7, 11) is 0. The lowest BCUT2D eigenvalue weighted by atomic mass is 10.5. The van der Waals surface area contributed by atoms with Gasteiger partial charge in [-0.25, -0.2) is 9.87 Å². The number of hydrogen-bond donors (Lipinski definition) is 1. The quantitative estimate of drug-likeness (QED) is 0.539. The molecule has 0 bridgehead atoms. The third kappa shape index (κ3) is 1.76. The average molecular weight is 159 g/mol. The molecule has 0 fully saturated rings. The summed E-state index contributed by atoms with van der Waals surface area (Å²) in [5.74, 6) is 0. The van der Waals surface area contributed by atoms with Crippen molar-refractivity contribution in [1.82, 2.24) is 4.98 Å². The average Bonchev–Trinajstić information content (AvgIpc) is 2.37. The van der Waals surface area contributed by atoms with E-state index in [4.69, 9.17) is 5.26 Å². The summed E-state index contributed by atoms with van der Waals surface area (Å²) in [6, 6.07) is 0. The Hall–Kier alpha value is -0.450. The van der Waals surface area contributed by atoms with E-state index in [0.717, 1.165) is 17.1 Å². The number of hydrogen-bond acceptors (Lipinski definition) is 4. The van der Waals surface area contributed by atoms with Gasteiger partial charge in [0.05, 0.1) is 10.7 Å². The van der Waals surface area contributed by atoms with Crippen LogP contribution in [0.4, 0.5) is 0 Å². The van der Waals surface area contributed by atoms with Gasteiger partial charge < -0.3 is 0 Å². The fourth-order valence-corrected chi connectivity index (χ4v) is 1.37. The first-order valence-corrected chi connectivity index (χ1v) is 3.94. The largest absolute Gasteiger partial charge is 0.251 e. The Morgan fingerprint density at radius 2 is 2.60 bits per heavy atom. The molecule has 4 heteroatoms. The van der Waals surface area contributed by atoms with Gasteiger partial charge in [-0.2, -0.15) is 0 Å². The third-order valence-electron chi connectivity index (χ3n) is 1.11. The lowest BCUT2D eigenvalue weighted by molar-refractivity contribution is -0.253. The molecular weight excluding hydrogens is 150 g/mol. The summed E-state index contributed by atoms with van der Waals surface area (Å²) < 4.78 is 0. The molecule has 1 rings (SSSR count). The van der Waals surface area contributed by atoms with Crippen LogP contribution in [0.1, 0.15) is 17.6 Å². The van der Waals surface area contributed by atoms with Crippen molar-refractivity contribution < 1.29 is 10.1 Å². The maximum atomic E-state index is 8.07. The molecule has 0 unspecified atom stereocenters. The van der Waals surface area contributed by atoms with Gasteiger partial charge in [0.25, 0.3) is 0 Å². The van der Waals surface area contributed by atoms with Crippen molar-refractivity contribution >= 4 is 11.3 Å². The maximum Gasteiger partial charge on any atom is 0.125 e.